The number of hydrogen-bond donors (Lipinski definition) is 1. The Morgan fingerprint density at radius 3 is 2.52 bits per heavy atom. The summed E-state index contributed by atoms with van der Waals surface area (Å²) in [5, 5.41) is 9.71. The molecule has 0 saturated carbocycles. The molecule has 0 heterocycles. The van der Waals surface area contributed by atoms with Crippen molar-refractivity contribution < 1.29 is 19.4 Å². The second kappa shape index (κ2) is 6.81. The van der Waals surface area contributed by atoms with Crippen LogP contribution < -0.4 is 4.74 Å². The van der Waals surface area contributed by atoms with Gasteiger partial charge in [0.2, 0.25) is 0 Å². The van der Waals surface area contributed by atoms with E-state index >= 15 is 0 Å². The fourth-order valence-corrected chi connectivity index (χ4v) is 1.93. The van der Waals surface area contributed by atoms with Crippen molar-refractivity contribution in [2.45, 2.75) is 0 Å². The summed E-state index contributed by atoms with van der Waals surface area (Å²) in [6, 6.07) is 13.9. The average molecular weight is 305 g/mol. The first-order valence-corrected chi connectivity index (χ1v) is 6.49. The third-order valence-corrected chi connectivity index (χ3v) is 2.97. The number of hydrogen-bond acceptors (Lipinski definition) is 4. The Kier molecular flexibility index (Phi) is 4.85. The fraction of sp³-hybridized carbons (Fsp3) is 0.0625. The van der Waals surface area contributed by atoms with E-state index in [0.717, 1.165) is 0 Å². The summed E-state index contributed by atoms with van der Waals surface area (Å²) in [5.41, 5.74) is 0.312. The number of methoxy groups -OCH3 is 1. The molecule has 0 amide bonds. The molecule has 0 spiro atoms. The molecule has 108 valence electrons. The largest absolute Gasteiger partial charge is 0.515 e. The number of para-hydroxylation sites is 1. The summed E-state index contributed by atoms with van der Waals surface area (Å²) < 4.78 is 10.4. The first-order valence-electron chi connectivity index (χ1n) is 6.11. The fourth-order valence-electron chi connectivity index (χ4n) is 1.76. The highest BCUT2D eigenvalue weighted by Crippen LogP contribution is 2.33. The Morgan fingerprint density at radius 1 is 1.19 bits per heavy atom. The van der Waals surface area contributed by atoms with Crippen molar-refractivity contribution >= 4 is 23.1 Å². The number of ether oxygens (including phenoxy) is 2. The quantitative estimate of drug-likeness (QED) is 0.522. The standard InChI is InChI=1S/C16H13ClO4/c1-20-16(19)14(10-18)13-9-11(17)7-8-15(13)21-12-5-3-2-4-6-12/h2-10,18H,1H3/b14-10+. The van der Waals surface area contributed by atoms with Crippen molar-refractivity contribution in [2.75, 3.05) is 7.11 Å². The van der Waals surface area contributed by atoms with Gasteiger partial charge in [0.15, 0.2) is 0 Å². The van der Waals surface area contributed by atoms with Crippen molar-refractivity contribution in [3.8, 4) is 11.5 Å². The maximum Gasteiger partial charge on any atom is 0.341 e. The van der Waals surface area contributed by atoms with Crippen LogP contribution >= 0.6 is 11.6 Å². The zero-order chi connectivity index (χ0) is 15.2. The summed E-state index contributed by atoms with van der Waals surface area (Å²) in [6.45, 7) is 0. The predicted molar refractivity (Wildman–Crippen MR) is 80.6 cm³/mol. The van der Waals surface area contributed by atoms with Crippen LogP contribution in [0.15, 0.2) is 54.8 Å². The summed E-state index contributed by atoms with van der Waals surface area (Å²) in [5.74, 6) is 0.303. The van der Waals surface area contributed by atoms with Crippen LogP contribution in [0.1, 0.15) is 5.56 Å². The van der Waals surface area contributed by atoms with Gasteiger partial charge in [-0.25, -0.2) is 4.79 Å². The molecule has 0 aliphatic rings. The van der Waals surface area contributed by atoms with E-state index in [2.05, 4.69) is 4.74 Å². The van der Waals surface area contributed by atoms with E-state index in [4.69, 9.17) is 16.3 Å². The Hall–Kier alpha value is -2.46. The van der Waals surface area contributed by atoms with Crippen LogP contribution in [0.2, 0.25) is 5.02 Å². The summed E-state index contributed by atoms with van der Waals surface area (Å²) in [6.07, 6.45) is 0.676. The monoisotopic (exact) mass is 304 g/mol. The molecule has 2 rings (SSSR count). The minimum absolute atomic E-state index is 0.0362. The van der Waals surface area contributed by atoms with Crippen LogP contribution in [0.25, 0.3) is 5.57 Å². The lowest BCUT2D eigenvalue weighted by Crippen LogP contribution is -2.05. The van der Waals surface area contributed by atoms with Crippen LogP contribution in [0, 0.1) is 0 Å². The van der Waals surface area contributed by atoms with Crippen molar-refractivity contribution in [2.24, 2.45) is 0 Å². The van der Waals surface area contributed by atoms with Crippen LogP contribution in [0.4, 0.5) is 0 Å². The van der Waals surface area contributed by atoms with Crippen LogP contribution in [-0.2, 0) is 9.53 Å². The Bertz CT molecular complexity index is 665. The highest BCUT2D eigenvalue weighted by Gasteiger charge is 2.18. The number of carbonyl (C=O) groups is 1. The molecule has 1 N–H and O–H groups in total. The zero-order valence-electron chi connectivity index (χ0n) is 11.2. The van der Waals surface area contributed by atoms with E-state index in [1.54, 1.807) is 24.3 Å². The normalized spacial score (nSPS) is 11.0. The maximum atomic E-state index is 11.7. The van der Waals surface area contributed by atoms with Crippen molar-refractivity contribution in [3.05, 3.63) is 65.4 Å². The number of benzene rings is 2. The van der Waals surface area contributed by atoms with Gasteiger partial charge in [-0.2, -0.15) is 0 Å². The first kappa shape index (κ1) is 14.9. The van der Waals surface area contributed by atoms with Gasteiger partial charge in [0.05, 0.1) is 13.4 Å². The van der Waals surface area contributed by atoms with Gasteiger partial charge in [-0.15, -0.1) is 0 Å². The van der Waals surface area contributed by atoms with Gasteiger partial charge in [-0.1, -0.05) is 29.8 Å². The van der Waals surface area contributed by atoms with E-state index in [1.807, 2.05) is 18.2 Å². The minimum atomic E-state index is -0.683. The van der Waals surface area contributed by atoms with E-state index in [0.29, 0.717) is 28.3 Å². The minimum Gasteiger partial charge on any atom is -0.515 e. The number of aliphatic hydroxyl groups is 1. The van der Waals surface area contributed by atoms with Gasteiger partial charge in [-0.3, -0.25) is 0 Å². The van der Waals surface area contributed by atoms with Crippen molar-refractivity contribution in [3.63, 3.8) is 0 Å². The lowest BCUT2D eigenvalue weighted by Gasteiger charge is -2.12. The second-order valence-electron chi connectivity index (χ2n) is 4.09. The first-order chi connectivity index (χ1) is 10.2. The van der Waals surface area contributed by atoms with E-state index in [-0.39, 0.29) is 5.57 Å². The van der Waals surface area contributed by atoms with Gasteiger partial charge in [0.1, 0.15) is 17.1 Å². The Balaban J connectivity index is 2.45. The molecule has 21 heavy (non-hydrogen) atoms. The molecule has 0 radical (unpaired) electrons. The molecule has 0 aliphatic heterocycles. The van der Waals surface area contributed by atoms with Crippen molar-refractivity contribution in [1.82, 2.24) is 0 Å². The zero-order valence-corrected chi connectivity index (χ0v) is 12.0. The number of aliphatic hydroxyl groups excluding tert-OH is 1. The third-order valence-electron chi connectivity index (χ3n) is 2.74. The molecule has 0 unspecified atom stereocenters. The highest BCUT2D eigenvalue weighted by molar-refractivity contribution is 6.31. The molecule has 2 aromatic rings. The van der Waals surface area contributed by atoms with Gasteiger partial charge in [0, 0.05) is 10.6 Å². The summed E-state index contributed by atoms with van der Waals surface area (Å²) in [7, 11) is 1.23. The number of esters is 1. The van der Waals surface area contributed by atoms with E-state index in [9.17, 15) is 9.90 Å². The van der Waals surface area contributed by atoms with Gasteiger partial charge < -0.3 is 14.6 Å². The average Bonchev–Trinajstić information content (AvgIpc) is 2.51. The van der Waals surface area contributed by atoms with E-state index in [1.165, 1.54) is 13.2 Å². The molecule has 0 atom stereocenters. The number of rotatable bonds is 4. The number of halogens is 1. The SMILES string of the molecule is COC(=O)/C(=C/O)c1cc(Cl)ccc1Oc1ccccc1. The molecule has 0 saturated heterocycles. The molecule has 0 aromatic heterocycles. The van der Waals surface area contributed by atoms with Crippen LogP contribution in [0.5, 0.6) is 11.5 Å². The lowest BCUT2D eigenvalue weighted by molar-refractivity contribution is -0.133. The number of carbonyl (C=O) groups excluding carboxylic acids is 1. The highest BCUT2D eigenvalue weighted by atomic mass is 35.5. The van der Waals surface area contributed by atoms with Gasteiger partial charge in [0.25, 0.3) is 0 Å². The summed E-state index contributed by atoms with van der Waals surface area (Å²) >= 11 is 5.95. The van der Waals surface area contributed by atoms with Crippen LogP contribution in [-0.4, -0.2) is 18.2 Å². The summed E-state index contributed by atoms with van der Waals surface area (Å²) in [4.78, 5) is 11.7. The Labute approximate surface area is 127 Å². The second-order valence-corrected chi connectivity index (χ2v) is 4.53. The lowest BCUT2D eigenvalue weighted by atomic mass is 10.1. The molecule has 2 aromatic carbocycles. The molecular formula is C16H13ClO4. The van der Waals surface area contributed by atoms with Gasteiger partial charge in [-0.05, 0) is 30.3 Å². The molecule has 0 aliphatic carbocycles. The molecule has 5 heteroatoms. The van der Waals surface area contributed by atoms with Gasteiger partial charge >= 0.3 is 5.97 Å². The molecule has 4 nitrogen and oxygen atoms in total. The third kappa shape index (κ3) is 3.55. The smallest absolute Gasteiger partial charge is 0.341 e. The Morgan fingerprint density at radius 2 is 1.90 bits per heavy atom. The maximum absolute atomic E-state index is 11.7. The van der Waals surface area contributed by atoms with Crippen LogP contribution in [0.3, 0.4) is 0 Å². The van der Waals surface area contributed by atoms with E-state index < -0.39 is 5.97 Å². The molecular weight excluding hydrogens is 292 g/mol. The topological polar surface area (TPSA) is 55.8 Å². The predicted octanol–water partition coefficient (Wildman–Crippen LogP) is 4.20. The molecule has 0 fully saturated rings. The van der Waals surface area contributed by atoms with Crippen molar-refractivity contribution in [1.29, 1.82) is 0 Å². The molecule has 0 bridgehead atoms.